The van der Waals surface area contributed by atoms with Gasteiger partial charge in [-0.2, -0.15) is 0 Å². The molecule has 0 radical (unpaired) electrons. The predicted molar refractivity (Wildman–Crippen MR) is 133 cm³/mol. The first kappa shape index (κ1) is 23.0. The standard InChI is InChI=1S/C26H20Cl2N2O3S/c27-19-5-6-20(30-13-19)15-34(32,33)21-7-3-17(4-8-21)22-11-24(22)26(31)10-16-1-2-18-12-29-14-25(28)23(18)9-16/h1-9,12-14,22,24H,10-11,15H2. The first-order valence-electron chi connectivity index (χ1n) is 10.8. The van der Waals surface area contributed by atoms with E-state index in [1.165, 1.54) is 6.20 Å². The number of carbonyl (C=O) groups excluding carboxylic acids is 1. The number of hydrogen-bond donors (Lipinski definition) is 0. The van der Waals surface area contributed by atoms with Gasteiger partial charge >= 0.3 is 0 Å². The second kappa shape index (κ2) is 9.10. The number of benzene rings is 2. The SMILES string of the molecule is O=C(Cc1ccc2cncc(Cl)c2c1)C1CC1c1ccc(S(=O)(=O)Cc2ccc(Cl)cn2)cc1. The van der Waals surface area contributed by atoms with Gasteiger partial charge in [0.05, 0.1) is 26.4 Å². The van der Waals surface area contributed by atoms with Crippen LogP contribution >= 0.6 is 23.2 Å². The molecule has 0 spiro atoms. The first-order chi connectivity index (χ1) is 16.3. The summed E-state index contributed by atoms with van der Waals surface area (Å²) in [5, 5.41) is 2.86. The second-order valence-corrected chi connectivity index (χ2v) is 11.4. The van der Waals surface area contributed by atoms with Crippen molar-refractivity contribution in [2.75, 3.05) is 0 Å². The van der Waals surface area contributed by atoms with Gasteiger partial charge in [0.25, 0.3) is 0 Å². The molecule has 2 aromatic heterocycles. The fourth-order valence-electron chi connectivity index (χ4n) is 4.23. The monoisotopic (exact) mass is 510 g/mol. The number of hydrogen-bond acceptors (Lipinski definition) is 5. The zero-order valence-corrected chi connectivity index (χ0v) is 20.3. The normalized spacial score (nSPS) is 17.6. The van der Waals surface area contributed by atoms with Gasteiger partial charge in [-0.25, -0.2) is 8.42 Å². The van der Waals surface area contributed by atoms with Crippen molar-refractivity contribution in [2.24, 2.45) is 5.92 Å². The summed E-state index contributed by atoms with van der Waals surface area (Å²) in [4.78, 5) is 21.3. The zero-order chi connectivity index (χ0) is 23.9. The Balaban J connectivity index is 1.24. The minimum Gasteiger partial charge on any atom is -0.299 e. The molecule has 172 valence electrons. The first-order valence-corrected chi connectivity index (χ1v) is 13.2. The molecule has 0 saturated heterocycles. The number of sulfone groups is 1. The van der Waals surface area contributed by atoms with Gasteiger partial charge in [0.15, 0.2) is 9.84 Å². The van der Waals surface area contributed by atoms with Crippen LogP contribution in [0.25, 0.3) is 10.8 Å². The molecule has 5 nitrogen and oxygen atoms in total. The van der Waals surface area contributed by atoms with Crippen molar-refractivity contribution in [1.29, 1.82) is 0 Å². The third-order valence-electron chi connectivity index (χ3n) is 6.15. The van der Waals surface area contributed by atoms with E-state index in [4.69, 9.17) is 23.2 Å². The number of nitrogens with zero attached hydrogens (tertiary/aromatic N) is 2. The molecule has 2 heterocycles. The van der Waals surface area contributed by atoms with Crippen LogP contribution in [-0.2, 0) is 26.8 Å². The number of fused-ring (bicyclic) bond motifs is 1. The van der Waals surface area contributed by atoms with Crippen molar-refractivity contribution in [3.05, 3.63) is 100 Å². The largest absolute Gasteiger partial charge is 0.299 e. The van der Waals surface area contributed by atoms with E-state index in [1.54, 1.807) is 36.7 Å². The topological polar surface area (TPSA) is 77.0 Å². The highest BCUT2D eigenvalue weighted by atomic mass is 35.5. The van der Waals surface area contributed by atoms with Crippen LogP contribution in [0.3, 0.4) is 0 Å². The van der Waals surface area contributed by atoms with Gasteiger partial charge in [-0.15, -0.1) is 0 Å². The minimum atomic E-state index is -3.53. The molecule has 1 aliphatic rings. The number of carbonyl (C=O) groups is 1. The lowest BCUT2D eigenvalue weighted by atomic mass is 10.0. The Morgan fingerprint density at radius 3 is 2.50 bits per heavy atom. The summed E-state index contributed by atoms with van der Waals surface area (Å²) in [6, 6.07) is 15.9. The summed E-state index contributed by atoms with van der Waals surface area (Å²) in [6.45, 7) is 0. The van der Waals surface area contributed by atoms with Crippen LogP contribution in [0.2, 0.25) is 10.0 Å². The Kier molecular flexibility index (Phi) is 6.15. The Labute approximate surface area is 207 Å². The van der Waals surface area contributed by atoms with Gasteiger partial charge in [-0.05, 0) is 53.8 Å². The molecule has 4 aromatic rings. The highest BCUT2D eigenvalue weighted by Crippen LogP contribution is 2.48. The Bertz CT molecular complexity index is 1490. The number of Topliss-reactive ketones (excluding diaryl/α,β-unsaturated/α-hetero) is 1. The average molecular weight is 511 g/mol. The van der Waals surface area contributed by atoms with E-state index in [9.17, 15) is 13.2 Å². The lowest BCUT2D eigenvalue weighted by Gasteiger charge is -2.07. The van der Waals surface area contributed by atoms with E-state index in [2.05, 4.69) is 9.97 Å². The average Bonchev–Trinajstić information content (AvgIpc) is 3.62. The second-order valence-electron chi connectivity index (χ2n) is 8.56. The van der Waals surface area contributed by atoms with Crippen LogP contribution in [0.5, 0.6) is 0 Å². The molecule has 0 bridgehead atoms. The van der Waals surface area contributed by atoms with E-state index in [-0.39, 0.29) is 28.3 Å². The lowest BCUT2D eigenvalue weighted by molar-refractivity contribution is -0.119. The molecule has 0 N–H and O–H groups in total. The van der Waals surface area contributed by atoms with Crippen LogP contribution in [0, 0.1) is 5.92 Å². The molecule has 5 rings (SSSR count). The molecule has 0 aliphatic heterocycles. The summed E-state index contributed by atoms with van der Waals surface area (Å²) in [5.41, 5.74) is 2.34. The molecule has 0 amide bonds. The maximum atomic E-state index is 12.9. The maximum Gasteiger partial charge on any atom is 0.184 e. The summed E-state index contributed by atoms with van der Waals surface area (Å²) in [5.74, 6) is 0.0553. The zero-order valence-electron chi connectivity index (χ0n) is 18.0. The number of halogens is 2. The number of pyridine rings is 2. The smallest absolute Gasteiger partial charge is 0.184 e. The fourth-order valence-corrected chi connectivity index (χ4v) is 5.84. The predicted octanol–water partition coefficient (Wildman–Crippen LogP) is 5.83. The van der Waals surface area contributed by atoms with Crippen LogP contribution in [0.15, 0.2) is 78.1 Å². The molecule has 1 fully saturated rings. The van der Waals surface area contributed by atoms with Crippen LogP contribution in [0.4, 0.5) is 0 Å². The van der Waals surface area contributed by atoms with Crippen molar-refractivity contribution in [2.45, 2.75) is 29.4 Å². The molecular weight excluding hydrogens is 491 g/mol. The van der Waals surface area contributed by atoms with E-state index in [0.717, 1.165) is 28.3 Å². The summed E-state index contributed by atoms with van der Waals surface area (Å²) < 4.78 is 25.5. The lowest BCUT2D eigenvalue weighted by Crippen LogP contribution is -2.07. The Morgan fingerprint density at radius 1 is 0.971 bits per heavy atom. The Hall–Kier alpha value is -2.80. The number of aromatic nitrogens is 2. The third kappa shape index (κ3) is 4.85. The van der Waals surface area contributed by atoms with E-state index in [1.807, 2.05) is 30.3 Å². The number of rotatable bonds is 7. The Morgan fingerprint density at radius 2 is 1.76 bits per heavy atom. The molecule has 1 aliphatic carbocycles. The van der Waals surface area contributed by atoms with E-state index >= 15 is 0 Å². The summed E-state index contributed by atoms with van der Waals surface area (Å²) in [7, 11) is -3.53. The highest BCUT2D eigenvalue weighted by molar-refractivity contribution is 7.90. The van der Waals surface area contributed by atoms with Gasteiger partial charge in [-0.3, -0.25) is 14.8 Å². The van der Waals surface area contributed by atoms with Crippen molar-refractivity contribution in [1.82, 2.24) is 9.97 Å². The van der Waals surface area contributed by atoms with Crippen LogP contribution < -0.4 is 0 Å². The highest BCUT2D eigenvalue weighted by Gasteiger charge is 2.43. The van der Waals surface area contributed by atoms with Gasteiger partial charge < -0.3 is 0 Å². The third-order valence-corrected chi connectivity index (χ3v) is 8.34. The van der Waals surface area contributed by atoms with Gasteiger partial charge in [-0.1, -0.05) is 47.5 Å². The van der Waals surface area contributed by atoms with Gasteiger partial charge in [0.1, 0.15) is 5.78 Å². The molecule has 2 atom stereocenters. The number of ketones is 1. The van der Waals surface area contributed by atoms with Gasteiger partial charge in [0, 0.05) is 41.7 Å². The molecular formula is C26H20Cl2N2O3S. The van der Waals surface area contributed by atoms with Gasteiger partial charge in [0.2, 0.25) is 0 Å². The molecule has 8 heteroatoms. The van der Waals surface area contributed by atoms with Crippen molar-refractivity contribution < 1.29 is 13.2 Å². The molecule has 34 heavy (non-hydrogen) atoms. The van der Waals surface area contributed by atoms with Crippen molar-refractivity contribution >= 4 is 49.6 Å². The minimum absolute atomic E-state index is 0.0515. The van der Waals surface area contributed by atoms with E-state index in [0.29, 0.717) is 22.2 Å². The fraction of sp³-hybridized carbons (Fsp3) is 0.192. The summed E-state index contributed by atoms with van der Waals surface area (Å²) >= 11 is 12.1. The van der Waals surface area contributed by atoms with Crippen LogP contribution in [-0.4, -0.2) is 24.2 Å². The quantitative estimate of drug-likeness (QED) is 0.312. The maximum absolute atomic E-state index is 12.9. The molecule has 2 unspecified atom stereocenters. The molecule has 2 aromatic carbocycles. The van der Waals surface area contributed by atoms with Crippen molar-refractivity contribution in [3.8, 4) is 0 Å². The molecule has 1 saturated carbocycles. The summed E-state index contributed by atoms with van der Waals surface area (Å²) in [6.07, 6.45) is 5.90. The van der Waals surface area contributed by atoms with Crippen LogP contribution in [0.1, 0.15) is 29.2 Å². The van der Waals surface area contributed by atoms with Crippen molar-refractivity contribution in [3.63, 3.8) is 0 Å². The van der Waals surface area contributed by atoms with E-state index < -0.39 is 9.84 Å².